The quantitative estimate of drug-likeness (QED) is 0.850. The number of aromatic amines is 1. The Morgan fingerprint density at radius 1 is 1.32 bits per heavy atom. The van der Waals surface area contributed by atoms with E-state index in [9.17, 15) is 14.4 Å². The third kappa shape index (κ3) is 2.24. The van der Waals surface area contributed by atoms with E-state index >= 15 is 0 Å². The monoisotopic (exact) mass is 278 g/mol. The number of Topliss-reactive ketones (excluding diaryl/α,β-unsaturated/α-hetero) is 1. The zero-order valence-corrected chi connectivity index (χ0v) is 11.1. The number of hydrogen-bond acceptors (Lipinski definition) is 3. The Labute approximate surface area is 113 Å². The van der Waals surface area contributed by atoms with Gasteiger partial charge in [-0.3, -0.25) is 9.59 Å². The predicted molar refractivity (Wildman–Crippen MR) is 72.4 cm³/mol. The highest BCUT2D eigenvalue weighted by Gasteiger charge is 2.14. The highest BCUT2D eigenvalue weighted by molar-refractivity contribution is 6.31. The van der Waals surface area contributed by atoms with Gasteiger partial charge in [-0.05, 0) is 31.5 Å². The van der Waals surface area contributed by atoms with Gasteiger partial charge in [-0.1, -0.05) is 17.7 Å². The molecule has 1 N–H and O–H groups in total. The summed E-state index contributed by atoms with van der Waals surface area (Å²) in [5.74, 6) is -0.408. The number of H-pyrrole nitrogens is 1. The predicted octanol–water partition coefficient (Wildman–Crippen LogP) is 1.69. The molecule has 5 nitrogen and oxygen atoms in total. The Hall–Kier alpha value is -2.14. The van der Waals surface area contributed by atoms with Gasteiger partial charge in [0.05, 0.1) is 11.3 Å². The molecule has 98 valence electrons. The van der Waals surface area contributed by atoms with E-state index in [4.69, 9.17) is 11.6 Å². The van der Waals surface area contributed by atoms with Gasteiger partial charge in [0.1, 0.15) is 0 Å². The summed E-state index contributed by atoms with van der Waals surface area (Å²) in [4.78, 5) is 37.7. The third-order valence-corrected chi connectivity index (χ3v) is 3.25. The minimum atomic E-state index is -0.651. The first-order valence-corrected chi connectivity index (χ1v) is 5.92. The van der Waals surface area contributed by atoms with Crippen LogP contribution in [-0.2, 0) is 0 Å². The van der Waals surface area contributed by atoms with E-state index in [-0.39, 0.29) is 5.56 Å². The summed E-state index contributed by atoms with van der Waals surface area (Å²) in [7, 11) is 0. The molecule has 2 aromatic rings. The summed E-state index contributed by atoms with van der Waals surface area (Å²) < 4.78 is 0.915. The van der Waals surface area contributed by atoms with Crippen molar-refractivity contribution in [3.05, 3.63) is 61.4 Å². The summed E-state index contributed by atoms with van der Waals surface area (Å²) in [6.45, 7) is 2.97. The van der Waals surface area contributed by atoms with Crippen molar-refractivity contribution in [1.82, 2.24) is 9.55 Å². The molecule has 0 saturated carbocycles. The summed E-state index contributed by atoms with van der Waals surface area (Å²) in [5.41, 5.74) is -0.375. The van der Waals surface area contributed by atoms with Crippen molar-refractivity contribution in [3.63, 3.8) is 0 Å². The SMILES string of the molecule is CC(=O)c1c[nH]c(=O)n(-c2cccc(Cl)c2C)c1=O. The smallest absolute Gasteiger partial charge is 0.313 e. The maximum atomic E-state index is 12.2. The molecule has 0 amide bonds. The van der Waals surface area contributed by atoms with Crippen LogP contribution in [-0.4, -0.2) is 15.3 Å². The first-order valence-electron chi connectivity index (χ1n) is 5.54. The van der Waals surface area contributed by atoms with Crippen molar-refractivity contribution < 1.29 is 4.79 Å². The number of benzene rings is 1. The molecule has 19 heavy (non-hydrogen) atoms. The highest BCUT2D eigenvalue weighted by atomic mass is 35.5. The first-order chi connectivity index (χ1) is 8.93. The molecule has 0 aliphatic rings. The van der Waals surface area contributed by atoms with Crippen LogP contribution in [0, 0.1) is 6.92 Å². The van der Waals surface area contributed by atoms with Gasteiger partial charge >= 0.3 is 5.69 Å². The van der Waals surface area contributed by atoms with Crippen molar-refractivity contribution in [3.8, 4) is 5.69 Å². The lowest BCUT2D eigenvalue weighted by molar-refractivity contribution is 0.101. The fourth-order valence-corrected chi connectivity index (χ4v) is 1.95. The van der Waals surface area contributed by atoms with E-state index in [1.807, 2.05) is 0 Å². The molecule has 1 heterocycles. The maximum absolute atomic E-state index is 12.2. The lowest BCUT2D eigenvalue weighted by Gasteiger charge is -2.09. The van der Waals surface area contributed by atoms with Gasteiger partial charge in [-0.15, -0.1) is 0 Å². The number of rotatable bonds is 2. The van der Waals surface area contributed by atoms with Crippen LogP contribution in [0.3, 0.4) is 0 Å². The number of ketones is 1. The Bertz CT molecular complexity index is 774. The standard InChI is InChI=1S/C13H11ClN2O3/c1-7-10(14)4-3-5-11(7)16-12(18)9(8(2)17)6-15-13(16)19/h3-6H,1-2H3,(H,15,19). The number of carbonyl (C=O) groups excluding carboxylic acids is 1. The van der Waals surface area contributed by atoms with Gasteiger partial charge in [0, 0.05) is 11.2 Å². The van der Waals surface area contributed by atoms with Crippen molar-refractivity contribution in [2.45, 2.75) is 13.8 Å². The molecule has 0 spiro atoms. The number of hydrogen-bond donors (Lipinski definition) is 1. The van der Waals surface area contributed by atoms with E-state index in [1.54, 1.807) is 25.1 Å². The van der Waals surface area contributed by atoms with Crippen LogP contribution in [0.5, 0.6) is 0 Å². The minimum Gasteiger partial charge on any atom is -0.313 e. The lowest BCUT2D eigenvalue weighted by Crippen LogP contribution is -2.36. The largest absolute Gasteiger partial charge is 0.333 e. The molecule has 0 fully saturated rings. The van der Waals surface area contributed by atoms with Crippen LogP contribution in [0.15, 0.2) is 34.0 Å². The molecule has 0 saturated heterocycles. The minimum absolute atomic E-state index is 0.0704. The third-order valence-electron chi connectivity index (χ3n) is 2.84. The average molecular weight is 279 g/mol. The van der Waals surface area contributed by atoms with E-state index < -0.39 is 17.0 Å². The van der Waals surface area contributed by atoms with Crippen LogP contribution in [0.1, 0.15) is 22.8 Å². The molecule has 6 heteroatoms. The molecule has 0 aliphatic carbocycles. The molecule has 0 atom stereocenters. The average Bonchev–Trinajstić information content (AvgIpc) is 2.34. The summed E-state index contributed by atoms with van der Waals surface area (Å²) >= 11 is 5.98. The van der Waals surface area contributed by atoms with Crippen molar-refractivity contribution in [1.29, 1.82) is 0 Å². The summed E-state index contributed by atoms with van der Waals surface area (Å²) in [6.07, 6.45) is 1.13. The second-order valence-electron chi connectivity index (χ2n) is 4.09. The fourth-order valence-electron chi connectivity index (χ4n) is 1.78. The molecule has 1 aromatic heterocycles. The van der Waals surface area contributed by atoms with E-state index in [0.29, 0.717) is 16.3 Å². The molecule has 0 unspecified atom stereocenters. The van der Waals surface area contributed by atoms with Crippen molar-refractivity contribution in [2.75, 3.05) is 0 Å². The molecule has 0 bridgehead atoms. The number of halogens is 1. The van der Waals surface area contributed by atoms with Crippen molar-refractivity contribution >= 4 is 17.4 Å². The Morgan fingerprint density at radius 3 is 2.63 bits per heavy atom. The van der Waals surface area contributed by atoms with Gasteiger partial charge in [-0.25, -0.2) is 9.36 Å². The zero-order chi connectivity index (χ0) is 14.2. The summed E-state index contributed by atoms with van der Waals surface area (Å²) in [5, 5.41) is 0.442. The van der Waals surface area contributed by atoms with Gasteiger partial charge in [0.2, 0.25) is 0 Å². The zero-order valence-electron chi connectivity index (χ0n) is 10.4. The Morgan fingerprint density at radius 2 is 2.00 bits per heavy atom. The van der Waals surface area contributed by atoms with Crippen molar-refractivity contribution in [2.24, 2.45) is 0 Å². The van der Waals surface area contributed by atoms with Crippen LogP contribution in [0.2, 0.25) is 5.02 Å². The van der Waals surface area contributed by atoms with Gasteiger partial charge < -0.3 is 4.98 Å². The second kappa shape index (κ2) is 4.85. The van der Waals surface area contributed by atoms with E-state index in [1.165, 1.54) is 6.92 Å². The highest BCUT2D eigenvalue weighted by Crippen LogP contribution is 2.20. The Kier molecular flexibility index (Phi) is 3.40. The molecular weight excluding hydrogens is 268 g/mol. The van der Waals surface area contributed by atoms with Crippen LogP contribution in [0.4, 0.5) is 0 Å². The van der Waals surface area contributed by atoms with Crippen LogP contribution in [0.25, 0.3) is 5.69 Å². The van der Waals surface area contributed by atoms with Gasteiger partial charge in [0.15, 0.2) is 5.78 Å². The Balaban J connectivity index is 2.87. The topological polar surface area (TPSA) is 71.9 Å². The number of nitrogens with one attached hydrogen (secondary N) is 1. The number of aromatic nitrogens is 2. The molecule has 0 radical (unpaired) electrons. The molecule has 2 rings (SSSR count). The van der Waals surface area contributed by atoms with Gasteiger partial charge in [-0.2, -0.15) is 0 Å². The van der Waals surface area contributed by atoms with Gasteiger partial charge in [0.25, 0.3) is 5.56 Å². The molecule has 1 aromatic carbocycles. The second-order valence-corrected chi connectivity index (χ2v) is 4.50. The lowest BCUT2D eigenvalue weighted by atomic mass is 10.2. The van der Waals surface area contributed by atoms with Crippen LogP contribution >= 0.6 is 11.6 Å². The molecular formula is C13H11ClN2O3. The fraction of sp³-hybridized carbons (Fsp3) is 0.154. The maximum Gasteiger partial charge on any atom is 0.333 e. The van der Waals surface area contributed by atoms with E-state index in [2.05, 4.69) is 4.98 Å². The number of nitrogens with zero attached hydrogens (tertiary/aromatic N) is 1. The van der Waals surface area contributed by atoms with Crippen LogP contribution < -0.4 is 11.2 Å². The summed E-state index contributed by atoms with van der Waals surface area (Å²) in [6, 6.07) is 4.90. The van der Waals surface area contributed by atoms with E-state index in [0.717, 1.165) is 10.8 Å². The first kappa shape index (κ1) is 13.3. The normalized spacial score (nSPS) is 10.5. The molecule has 0 aliphatic heterocycles. The number of carbonyl (C=O) groups is 1.